The molecule has 17 heavy (non-hydrogen) atoms. The number of ether oxygens (including phenoxy) is 1. The summed E-state index contributed by atoms with van der Waals surface area (Å²) in [5.41, 5.74) is 0.653. The van der Waals surface area contributed by atoms with Crippen molar-refractivity contribution in [3.8, 4) is 0 Å². The van der Waals surface area contributed by atoms with Crippen molar-refractivity contribution < 1.29 is 4.74 Å². The van der Waals surface area contributed by atoms with E-state index in [-0.39, 0.29) is 0 Å². The van der Waals surface area contributed by atoms with Gasteiger partial charge < -0.3 is 10.1 Å². The van der Waals surface area contributed by atoms with Gasteiger partial charge in [0.2, 0.25) is 0 Å². The molecule has 2 aromatic heterocycles. The molecule has 4 rings (SSSR count). The molecule has 0 spiro atoms. The number of aromatic nitrogens is 5. The van der Waals surface area contributed by atoms with Gasteiger partial charge in [-0.05, 0) is 41.8 Å². The number of hydrogen-bond donors (Lipinski definition) is 1. The van der Waals surface area contributed by atoms with E-state index in [0.29, 0.717) is 23.9 Å². The van der Waals surface area contributed by atoms with Gasteiger partial charge in [-0.2, -0.15) is 0 Å². The lowest BCUT2D eigenvalue weighted by Crippen LogP contribution is -2.31. The molecule has 4 heterocycles. The van der Waals surface area contributed by atoms with Crippen molar-refractivity contribution in [1.29, 1.82) is 0 Å². The van der Waals surface area contributed by atoms with E-state index >= 15 is 0 Å². The Morgan fingerprint density at radius 1 is 1.35 bits per heavy atom. The summed E-state index contributed by atoms with van der Waals surface area (Å²) in [6.07, 6.45) is 4.19. The van der Waals surface area contributed by atoms with Crippen LogP contribution in [0.25, 0.3) is 5.65 Å². The molecule has 0 aromatic carbocycles. The second-order valence-corrected chi connectivity index (χ2v) is 4.61. The standard InChI is InChI=1S/C10H12N6O/c1-2-8-7(5-6(1)17-8)11-9-3-4-10-12-14-15-16(10)13-9/h3-4,6-8H,1-2,5H2,(H,11,13). The van der Waals surface area contributed by atoms with Crippen molar-refractivity contribution in [3.63, 3.8) is 0 Å². The fraction of sp³-hybridized carbons (Fsp3) is 0.600. The molecule has 1 N–H and O–H groups in total. The minimum atomic E-state index is 0.339. The number of hydrogen-bond acceptors (Lipinski definition) is 6. The molecule has 2 saturated heterocycles. The Morgan fingerprint density at radius 3 is 3.18 bits per heavy atom. The van der Waals surface area contributed by atoms with Crippen LogP contribution in [0, 0.1) is 0 Å². The molecule has 3 atom stereocenters. The zero-order valence-electron chi connectivity index (χ0n) is 9.15. The molecule has 0 radical (unpaired) electrons. The van der Waals surface area contributed by atoms with E-state index in [9.17, 15) is 0 Å². The monoisotopic (exact) mass is 232 g/mol. The highest BCUT2D eigenvalue weighted by Gasteiger charge is 2.40. The minimum Gasteiger partial charge on any atom is -0.373 e. The summed E-state index contributed by atoms with van der Waals surface area (Å²) in [5.74, 6) is 0.797. The zero-order valence-corrected chi connectivity index (χ0v) is 9.15. The van der Waals surface area contributed by atoms with Gasteiger partial charge in [0.05, 0.1) is 18.2 Å². The van der Waals surface area contributed by atoms with E-state index in [4.69, 9.17) is 4.74 Å². The van der Waals surface area contributed by atoms with Crippen molar-refractivity contribution in [3.05, 3.63) is 12.1 Å². The third kappa shape index (κ3) is 1.46. The highest BCUT2D eigenvalue weighted by Crippen LogP contribution is 2.35. The first-order valence-corrected chi connectivity index (χ1v) is 5.86. The Hall–Kier alpha value is -1.76. The van der Waals surface area contributed by atoms with E-state index in [1.54, 1.807) is 0 Å². The number of tetrazole rings is 1. The molecule has 2 aromatic rings. The van der Waals surface area contributed by atoms with Gasteiger partial charge in [0, 0.05) is 0 Å². The van der Waals surface area contributed by atoms with Crippen molar-refractivity contribution in [2.24, 2.45) is 0 Å². The Labute approximate surface area is 97.1 Å². The van der Waals surface area contributed by atoms with Crippen molar-refractivity contribution in [1.82, 2.24) is 25.3 Å². The molecule has 2 aliphatic rings. The predicted molar refractivity (Wildman–Crippen MR) is 58.5 cm³/mol. The van der Waals surface area contributed by atoms with Gasteiger partial charge >= 0.3 is 0 Å². The lowest BCUT2D eigenvalue weighted by Gasteiger charge is -2.20. The van der Waals surface area contributed by atoms with Gasteiger partial charge in [0.1, 0.15) is 5.82 Å². The van der Waals surface area contributed by atoms with Crippen LogP contribution in [0.15, 0.2) is 12.1 Å². The lowest BCUT2D eigenvalue weighted by atomic mass is 9.95. The van der Waals surface area contributed by atoms with Crippen LogP contribution in [0.2, 0.25) is 0 Å². The van der Waals surface area contributed by atoms with E-state index < -0.39 is 0 Å². The SMILES string of the molecule is c1cc2nnnn2nc1NC1CC2CCC1O2. The van der Waals surface area contributed by atoms with Crippen LogP contribution in [0.5, 0.6) is 0 Å². The lowest BCUT2D eigenvalue weighted by molar-refractivity contribution is 0.102. The molecule has 88 valence electrons. The normalized spacial score (nSPS) is 31.2. The molecule has 2 bridgehead atoms. The van der Waals surface area contributed by atoms with Crippen LogP contribution in [-0.2, 0) is 4.74 Å². The van der Waals surface area contributed by atoms with Crippen molar-refractivity contribution in [2.75, 3.05) is 5.32 Å². The highest BCUT2D eigenvalue weighted by atomic mass is 16.5. The Morgan fingerprint density at radius 2 is 2.35 bits per heavy atom. The largest absolute Gasteiger partial charge is 0.373 e. The number of fused-ring (bicyclic) bond motifs is 3. The average molecular weight is 232 g/mol. The number of nitrogens with zero attached hydrogens (tertiary/aromatic N) is 5. The first-order chi connectivity index (χ1) is 8.38. The summed E-state index contributed by atoms with van der Waals surface area (Å²) in [7, 11) is 0. The Kier molecular flexibility index (Phi) is 1.84. The van der Waals surface area contributed by atoms with Gasteiger partial charge in [0.15, 0.2) is 5.65 Å². The molecule has 2 aliphatic heterocycles. The third-order valence-electron chi connectivity index (χ3n) is 3.51. The molecular formula is C10H12N6O. The zero-order chi connectivity index (χ0) is 11.2. The molecule has 7 nitrogen and oxygen atoms in total. The minimum absolute atomic E-state index is 0.339. The number of anilines is 1. The predicted octanol–water partition coefficient (Wildman–Crippen LogP) is 0.251. The van der Waals surface area contributed by atoms with Crippen LogP contribution >= 0.6 is 0 Å². The summed E-state index contributed by atoms with van der Waals surface area (Å²) in [6.45, 7) is 0. The van der Waals surface area contributed by atoms with Gasteiger partial charge in [0.25, 0.3) is 0 Å². The maximum Gasteiger partial charge on any atom is 0.200 e. The summed E-state index contributed by atoms with van der Waals surface area (Å²) in [4.78, 5) is 0. The van der Waals surface area contributed by atoms with Crippen LogP contribution in [0.4, 0.5) is 5.82 Å². The van der Waals surface area contributed by atoms with Gasteiger partial charge in [-0.1, -0.05) is 0 Å². The maximum absolute atomic E-state index is 5.79. The Bertz CT molecular complexity index is 554. The molecular weight excluding hydrogens is 220 g/mol. The second-order valence-electron chi connectivity index (χ2n) is 4.61. The first-order valence-electron chi connectivity index (χ1n) is 5.86. The van der Waals surface area contributed by atoms with Gasteiger partial charge in [-0.15, -0.1) is 14.8 Å². The molecule has 0 aliphatic carbocycles. The summed E-state index contributed by atoms with van der Waals surface area (Å²) in [6, 6.07) is 4.12. The molecule has 2 fully saturated rings. The fourth-order valence-corrected chi connectivity index (χ4v) is 2.71. The van der Waals surface area contributed by atoms with E-state index in [1.807, 2.05) is 12.1 Å². The van der Waals surface area contributed by atoms with Crippen molar-refractivity contribution in [2.45, 2.75) is 37.5 Å². The molecule has 3 unspecified atom stereocenters. The quantitative estimate of drug-likeness (QED) is 0.799. The first kappa shape index (κ1) is 9.29. The highest BCUT2D eigenvalue weighted by molar-refractivity contribution is 5.43. The summed E-state index contributed by atoms with van der Waals surface area (Å²) >= 11 is 0. The van der Waals surface area contributed by atoms with Gasteiger partial charge in [-0.25, -0.2) is 0 Å². The summed E-state index contributed by atoms with van der Waals surface area (Å²) in [5, 5.41) is 18.9. The fourth-order valence-electron chi connectivity index (χ4n) is 2.71. The van der Waals surface area contributed by atoms with Crippen LogP contribution in [-0.4, -0.2) is 43.5 Å². The van der Waals surface area contributed by atoms with E-state index in [1.165, 1.54) is 11.1 Å². The number of nitrogens with one attached hydrogen (secondary N) is 1. The van der Waals surface area contributed by atoms with Crippen LogP contribution in [0.3, 0.4) is 0 Å². The van der Waals surface area contributed by atoms with Crippen LogP contribution < -0.4 is 5.32 Å². The third-order valence-corrected chi connectivity index (χ3v) is 3.51. The Balaban J connectivity index is 1.58. The second kappa shape index (κ2) is 3.36. The topological polar surface area (TPSA) is 77.2 Å². The van der Waals surface area contributed by atoms with Gasteiger partial charge in [-0.3, -0.25) is 0 Å². The average Bonchev–Trinajstić information content (AvgIpc) is 3.03. The van der Waals surface area contributed by atoms with Crippen molar-refractivity contribution >= 4 is 11.5 Å². The maximum atomic E-state index is 5.79. The molecule has 7 heteroatoms. The van der Waals surface area contributed by atoms with E-state index in [2.05, 4.69) is 25.9 Å². The molecule has 0 saturated carbocycles. The summed E-state index contributed by atoms with van der Waals surface area (Å²) < 4.78 is 7.22. The number of rotatable bonds is 2. The van der Waals surface area contributed by atoms with Crippen LogP contribution in [0.1, 0.15) is 19.3 Å². The smallest absolute Gasteiger partial charge is 0.200 e. The molecule has 0 amide bonds. The van der Waals surface area contributed by atoms with E-state index in [0.717, 1.165) is 18.7 Å².